The highest BCUT2D eigenvalue weighted by Gasteiger charge is 2.47. The van der Waals surface area contributed by atoms with Gasteiger partial charge in [-0.05, 0) is 37.5 Å². The largest absolute Gasteiger partial charge is 0.465 e. The van der Waals surface area contributed by atoms with Gasteiger partial charge in [-0.15, -0.1) is 0 Å². The van der Waals surface area contributed by atoms with Crippen LogP contribution in [0.15, 0.2) is 0 Å². The van der Waals surface area contributed by atoms with Gasteiger partial charge in [-0.25, -0.2) is 0 Å². The summed E-state index contributed by atoms with van der Waals surface area (Å²) in [4.78, 5) is 25.2. The molecule has 2 saturated carbocycles. The van der Waals surface area contributed by atoms with Gasteiger partial charge in [-0.2, -0.15) is 0 Å². The Labute approximate surface area is 146 Å². The van der Waals surface area contributed by atoms with E-state index in [1.54, 1.807) is 0 Å². The molecule has 24 heavy (non-hydrogen) atoms. The van der Waals surface area contributed by atoms with Crippen LogP contribution in [-0.2, 0) is 19.1 Å². The SMILES string of the molecule is CCCCOC(=O)C1CCCC2CCCC(C(=O)OCCCC)C21. The normalized spacial score (nSPS) is 29.6. The van der Waals surface area contributed by atoms with Crippen molar-refractivity contribution in [2.75, 3.05) is 13.2 Å². The molecule has 2 fully saturated rings. The average molecular weight is 338 g/mol. The van der Waals surface area contributed by atoms with Gasteiger partial charge in [0.1, 0.15) is 0 Å². The van der Waals surface area contributed by atoms with E-state index in [4.69, 9.17) is 9.47 Å². The zero-order valence-electron chi connectivity index (χ0n) is 15.4. The van der Waals surface area contributed by atoms with Gasteiger partial charge in [0.15, 0.2) is 0 Å². The summed E-state index contributed by atoms with van der Waals surface area (Å²) in [5, 5.41) is 0. The number of carbonyl (C=O) groups is 2. The maximum Gasteiger partial charge on any atom is 0.309 e. The smallest absolute Gasteiger partial charge is 0.309 e. The van der Waals surface area contributed by atoms with Crippen LogP contribution < -0.4 is 0 Å². The van der Waals surface area contributed by atoms with Crippen LogP contribution in [0.25, 0.3) is 0 Å². The lowest BCUT2D eigenvalue weighted by Crippen LogP contribution is -2.44. The van der Waals surface area contributed by atoms with Crippen molar-refractivity contribution in [2.45, 2.75) is 78.1 Å². The van der Waals surface area contributed by atoms with Crippen LogP contribution in [0, 0.1) is 23.7 Å². The van der Waals surface area contributed by atoms with Crippen molar-refractivity contribution >= 4 is 11.9 Å². The van der Waals surface area contributed by atoms with E-state index in [9.17, 15) is 9.59 Å². The van der Waals surface area contributed by atoms with E-state index in [0.717, 1.165) is 64.2 Å². The molecule has 0 aromatic heterocycles. The third-order valence-corrected chi connectivity index (χ3v) is 5.74. The van der Waals surface area contributed by atoms with E-state index in [1.165, 1.54) is 0 Å². The van der Waals surface area contributed by atoms with Gasteiger partial charge in [0.2, 0.25) is 0 Å². The topological polar surface area (TPSA) is 52.6 Å². The Morgan fingerprint density at radius 2 is 1.25 bits per heavy atom. The number of hydrogen-bond donors (Lipinski definition) is 0. The predicted octanol–water partition coefficient (Wildman–Crippen LogP) is 4.51. The van der Waals surface area contributed by atoms with Crippen molar-refractivity contribution in [3.05, 3.63) is 0 Å². The first-order valence-corrected chi connectivity index (χ1v) is 10.0. The first-order chi connectivity index (χ1) is 11.7. The molecule has 4 nitrogen and oxygen atoms in total. The summed E-state index contributed by atoms with van der Waals surface area (Å²) in [6.07, 6.45) is 10.0. The summed E-state index contributed by atoms with van der Waals surface area (Å²) in [5.41, 5.74) is 0. The van der Waals surface area contributed by atoms with Crippen LogP contribution in [0.5, 0.6) is 0 Å². The minimum absolute atomic E-state index is 0.0774. The molecule has 0 amide bonds. The standard InChI is InChI=1S/C20H34O4/c1-3-5-13-23-19(21)16-11-7-9-15-10-8-12-17(18(15)16)20(22)24-14-6-4-2/h15-18H,3-14H2,1-2H3. The van der Waals surface area contributed by atoms with Gasteiger partial charge in [-0.1, -0.05) is 52.4 Å². The predicted molar refractivity (Wildman–Crippen MR) is 93.4 cm³/mol. The van der Waals surface area contributed by atoms with Gasteiger partial charge in [-0.3, -0.25) is 9.59 Å². The zero-order valence-corrected chi connectivity index (χ0v) is 15.4. The Hall–Kier alpha value is -1.06. The van der Waals surface area contributed by atoms with Gasteiger partial charge in [0.05, 0.1) is 25.0 Å². The molecule has 2 aliphatic carbocycles. The Kier molecular flexibility index (Phi) is 8.07. The lowest BCUT2D eigenvalue weighted by atomic mass is 9.61. The molecular formula is C20H34O4. The molecule has 2 rings (SSSR count). The molecule has 2 atom stereocenters. The highest BCUT2D eigenvalue weighted by atomic mass is 16.5. The molecule has 0 aromatic rings. The summed E-state index contributed by atoms with van der Waals surface area (Å²) < 4.78 is 11.0. The highest BCUT2D eigenvalue weighted by molar-refractivity contribution is 5.77. The fraction of sp³-hybridized carbons (Fsp3) is 0.900. The molecule has 138 valence electrons. The number of rotatable bonds is 8. The molecular weight excluding hydrogens is 304 g/mol. The number of carbonyl (C=O) groups excluding carboxylic acids is 2. The summed E-state index contributed by atoms with van der Waals surface area (Å²) in [7, 11) is 0. The monoisotopic (exact) mass is 338 g/mol. The third-order valence-electron chi connectivity index (χ3n) is 5.74. The van der Waals surface area contributed by atoms with Gasteiger partial charge >= 0.3 is 11.9 Å². The van der Waals surface area contributed by atoms with E-state index in [1.807, 2.05) is 0 Å². The number of hydrogen-bond acceptors (Lipinski definition) is 4. The Balaban J connectivity index is 2.02. The minimum Gasteiger partial charge on any atom is -0.465 e. The highest BCUT2D eigenvalue weighted by Crippen LogP contribution is 2.47. The summed E-state index contributed by atoms with van der Waals surface area (Å²) in [5.74, 6) is 0.253. The molecule has 0 aliphatic heterocycles. The number of ether oxygens (including phenoxy) is 2. The fourth-order valence-electron chi connectivity index (χ4n) is 4.45. The molecule has 0 saturated heterocycles. The molecule has 2 unspecified atom stereocenters. The van der Waals surface area contributed by atoms with Crippen LogP contribution in [0.1, 0.15) is 78.1 Å². The summed E-state index contributed by atoms with van der Waals surface area (Å²) in [6, 6.07) is 0. The van der Waals surface area contributed by atoms with E-state index >= 15 is 0 Å². The van der Waals surface area contributed by atoms with Crippen molar-refractivity contribution in [1.29, 1.82) is 0 Å². The Bertz CT molecular complexity index is 370. The van der Waals surface area contributed by atoms with Gasteiger partial charge < -0.3 is 9.47 Å². The first kappa shape index (κ1) is 19.3. The number of fused-ring (bicyclic) bond motifs is 1. The summed E-state index contributed by atoms with van der Waals surface area (Å²) in [6.45, 7) is 5.20. The molecule has 0 aromatic carbocycles. The van der Waals surface area contributed by atoms with E-state index in [0.29, 0.717) is 19.1 Å². The molecule has 0 radical (unpaired) electrons. The molecule has 2 aliphatic rings. The number of unbranched alkanes of at least 4 members (excludes halogenated alkanes) is 2. The molecule has 4 heteroatoms. The van der Waals surface area contributed by atoms with Crippen LogP contribution in [0.2, 0.25) is 0 Å². The molecule has 0 N–H and O–H groups in total. The van der Waals surface area contributed by atoms with Crippen LogP contribution in [-0.4, -0.2) is 25.2 Å². The average Bonchev–Trinajstić information content (AvgIpc) is 2.61. The lowest BCUT2D eigenvalue weighted by molar-refractivity contribution is -0.163. The molecule has 0 bridgehead atoms. The quantitative estimate of drug-likeness (QED) is 0.483. The Morgan fingerprint density at radius 1 is 0.792 bits per heavy atom. The second kappa shape index (κ2) is 10.0. The van der Waals surface area contributed by atoms with E-state index in [2.05, 4.69) is 13.8 Å². The van der Waals surface area contributed by atoms with Crippen LogP contribution >= 0.6 is 0 Å². The van der Waals surface area contributed by atoms with Crippen molar-refractivity contribution in [1.82, 2.24) is 0 Å². The third kappa shape index (κ3) is 4.97. The van der Waals surface area contributed by atoms with Crippen LogP contribution in [0.4, 0.5) is 0 Å². The van der Waals surface area contributed by atoms with E-state index in [-0.39, 0.29) is 29.7 Å². The first-order valence-electron chi connectivity index (χ1n) is 10.0. The zero-order chi connectivity index (χ0) is 17.4. The summed E-state index contributed by atoms with van der Waals surface area (Å²) >= 11 is 0. The number of esters is 2. The maximum absolute atomic E-state index is 12.6. The second-order valence-electron chi connectivity index (χ2n) is 7.45. The molecule has 0 heterocycles. The van der Waals surface area contributed by atoms with E-state index < -0.39 is 0 Å². The second-order valence-corrected chi connectivity index (χ2v) is 7.45. The van der Waals surface area contributed by atoms with Gasteiger partial charge in [0, 0.05) is 0 Å². The van der Waals surface area contributed by atoms with Gasteiger partial charge in [0.25, 0.3) is 0 Å². The fourth-order valence-corrected chi connectivity index (χ4v) is 4.45. The minimum atomic E-state index is -0.107. The maximum atomic E-state index is 12.6. The Morgan fingerprint density at radius 3 is 1.67 bits per heavy atom. The van der Waals surface area contributed by atoms with Crippen LogP contribution in [0.3, 0.4) is 0 Å². The van der Waals surface area contributed by atoms with Crippen molar-refractivity contribution < 1.29 is 19.1 Å². The van der Waals surface area contributed by atoms with Crippen molar-refractivity contribution in [3.8, 4) is 0 Å². The van der Waals surface area contributed by atoms with Crippen molar-refractivity contribution in [3.63, 3.8) is 0 Å². The van der Waals surface area contributed by atoms with Crippen molar-refractivity contribution in [2.24, 2.45) is 23.7 Å². The lowest BCUT2D eigenvalue weighted by Gasteiger charge is -2.44. The molecule has 0 spiro atoms.